The summed E-state index contributed by atoms with van der Waals surface area (Å²) in [4.78, 5) is 27.4. The molecular weight excluding hydrogens is 376 g/mol. The quantitative estimate of drug-likeness (QED) is 0.555. The van der Waals surface area contributed by atoms with Gasteiger partial charge in [0.2, 0.25) is 5.91 Å². The Kier molecular flexibility index (Phi) is 8.07. The van der Waals surface area contributed by atoms with Crippen LogP contribution in [0.2, 0.25) is 0 Å². The average Bonchev–Trinajstić information content (AvgIpc) is 3.08. The summed E-state index contributed by atoms with van der Waals surface area (Å²) in [5.74, 6) is 0.623. The zero-order valence-corrected chi connectivity index (χ0v) is 17.6. The van der Waals surface area contributed by atoms with Gasteiger partial charge in [-0.3, -0.25) is 9.59 Å². The first-order valence-electron chi connectivity index (χ1n) is 10.6. The van der Waals surface area contributed by atoms with Crippen LogP contribution >= 0.6 is 0 Å². The molecule has 158 valence electrons. The molecule has 2 aromatic carbocycles. The van der Waals surface area contributed by atoms with Gasteiger partial charge in [-0.1, -0.05) is 61.4 Å². The maximum absolute atomic E-state index is 13.0. The van der Waals surface area contributed by atoms with Gasteiger partial charge in [0.25, 0.3) is 5.91 Å². The minimum Gasteiger partial charge on any atom is -0.496 e. The first-order chi connectivity index (χ1) is 14.7. The second-order valence-corrected chi connectivity index (χ2v) is 7.47. The van der Waals surface area contributed by atoms with Gasteiger partial charge >= 0.3 is 0 Å². The Bertz CT molecular complexity index is 869. The molecule has 30 heavy (non-hydrogen) atoms. The number of carbonyl (C=O) groups excluding carboxylic acids is 2. The molecule has 1 saturated heterocycles. The van der Waals surface area contributed by atoms with Crippen LogP contribution in [-0.4, -0.2) is 43.5 Å². The van der Waals surface area contributed by atoms with E-state index in [1.807, 2.05) is 65.6 Å². The van der Waals surface area contributed by atoms with Crippen LogP contribution in [0.15, 0.2) is 54.6 Å². The van der Waals surface area contributed by atoms with Crippen LogP contribution < -0.4 is 10.1 Å². The molecule has 0 atom stereocenters. The molecule has 0 radical (unpaired) electrons. The van der Waals surface area contributed by atoms with Gasteiger partial charge in [-0.2, -0.15) is 0 Å². The number of ether oxygens (including phenoxy) is 1. The molecule has 0 unspecified atom stereocenters. The van der Waals surface area contributed by atoms with Gasteiger partial charge in [0.15, 0.2) is 0 Å². The van der Waals surface area contributed by atoms with E-state index in [-0.39, 0.29) is 11.8 Å². The molecule has 0 saturated carbocycles. The SMILES string of the molecule is COc1ccccc1/C=C(/C(=O)NCCC(=O)N1CCCCCC1)c1ccccc1. The number of nitrogens with one attached hydrogen (secondary N) is 1. The van der Waals surface area contributed by atoms with E-state index in [0.717, 1.165) is 37.1 Å². The topological polar surface area (TPSA) is 58.6 Å². The molecule has 5 nitrogen and oxygen atoms in total. The van der Waals surface area contributed by atoms with E-state index < -0.39 is 0 Å². The molecule has 2 amide bonds. The fourth-order valence-electron chi connectivity index (χ4n) is 3.70. The summed E-state index contributed by atoms with van der Waals surface area (Å²) < 4.78 is 5.43. The van der Waals surface area contributed by atoms with E-state index in [0.29, 0.717) is 24.3 Å². The molecule has 1 heterocycles. The third-order valence-corrected chi connectivity index (χ3v) is 5.35. The number of hydrogen-bond donors (Lipinski definition) is 1. The lowest BCUT2D eigenvalue weighted by Gasteiger charge is -2.20. The third-order valence-electron chi connectivity index (χ3n) is 5.35. The highest BCUT2D eigenvalue weighted by Gasteiger charge is 2.17. The van der Waals surface area contributed by atoms with Gasteiger partial charge < -0.3 is 15.0 Å². The van der Waals surface area contributed by atoms with Crippen molar-refractivity contribution in [1.82, 2.24) is 10.2 Å². The number of hydrogen-bond acceptors (Lipinski definition) is 3. The van der Waals surface area contributed by atoms with E-state index in [9.17, 15) is 9.59 Å². The molecule has 0 bridgehead atoms. The Morgan fingerprint density at radius 3 is 2.33 bits per heavy atom. The third kappa shape index (κ3) is 5.96. The van der Waals surface area contributed by atoms with Gasteiger partial charge in [-0.05, 0) is 30.5 Å². The summed E-state index contributed by atoms with van der Waals surface area (Å²) in [6.07, 6.45) is 6.67. The van der Waals surface area contributed by atoms with Crippen LogP contribution in [0.4, 0.5) is 0 Å². The highest BCUT2D eigenvalue weighted by molar-refractivity contribution is 6.24. The first kappa shape index (κ1) is 21.6. The highest BCUT2D eigenvalue weighted by Crippen LogP contribution is 2.24. The Morgan fingerprint density at radius 1 is 0.967 bits per heavy atom. The molecule has 0 aliphatic carbocycles. The monoisotopic (exact) mass is 406 g/mol. The minimum atomic E-state index is -0.198. The van der Waals surface area contributed by atoms with Crippen molar-refractivity contribution in [2.75, 3.05) is 26.7 Å². The van der Waals surface area contributed by atoms with Crippen molar-refractivity contribution < 1.29 is 14.3 Å². The second kappa shape index (κ2) is 11.2. The minimum absolute atomic E-state index is 0.118. The van der Waals surface area contributed by atoms with Crippen molar-refractivity contribution >= 4 is 23.5 Å². The number of benzene rings is 2. The standard InChI is InChI=1S/C25H30N2O3/c1-30-23-14-8-7-13-21(23)19-22(20-11-5-4-6-12-20)25(29)26-16-15-24(28)27-17-9-2-3-10-18-27/h4-8,11-14,19H,2-3,9-10,15-18H2,1H3,(H,26,29)/b22-19+. The molecule has 1 fully saturated rings. The largest absolute Gasteiger partial charge is 0.496 e. The molecule has 1 aliphatic heterocycles. The van der Waals surface area contributed by atoms with Gasteiger partial charge in [-0.25, -0.2) is 0 Å². The number of nitrogens with zero attached hydrogens (tertiary/aromatic N) is 1. The second-order valence-electron chi connectivity index (χ2n) is 7.47. The Hall–Kier alpha value is -3.08. The Morgan fingerprint density at radius 2 is 1.63 bits per heavy atom. The van der Waals surface area contributed by atoms with Crippen LogP contribution in [0.5, 0.6) is 5.75 Å². The van der Waals surface area contributed by atoms with Crippen molar-refractivity contribution in [2.45, 2.75) is 32.1 Å². The lowest BCUT2D eigenvalue weighted by Crippen LogP contribution is -2.35. The fourth-order valence-corrected chi connectivity index (χ4v) is 3.70. The number of amides is 2. The van der Waals surface area contributed by atoms with E-state index >= 15 is 0 Å². The normalized spacial score (nSPS) is 14.7. The van der Waals surface area contributed by atoms with Crippen molar-refractivity contribution in [3.05, 3.63) is 65.7 Å². The lowest BCUT2D eigenvalue weighted by molar-refractivity contribution is -0.131. The predicted octanol–water partition coefficient (Wildman–Crippen LogP) is 4.14. The number of methoxy groups -OCH3 is 1. The summed E-state index contributed by atoms with van der Waals surface area (Å²) in [7, 11) is 1.61. The van der Waals surface area contributed by atoms with E-state index in [1.54, 1.807) is 7.11 Å². The molecule has 0 spiro atoms. The molecule has 1 N–H and O–H groups in total. The van der Waals surface area contributed by atoms with Gasteiger partial charge in [0, 0.05) is 37.2 Å². The van der Waals surface area contributed by atoms with Crippen molar-refractivity contribution in [1.29, 1.82) is 0 Å². The van der Waals surface area contributed by atoms with Gasteiger partial charge in [0.1, 0.15) is 5.75 Å². The summed E-state index contributed by atoms with van der Waals surface area (Å²) in [6.45, 7) is 1.98. The van der Waals surface area contributed by atoms with Crippen molar-refractivity contribution in [3.8, 4) is 5.75 Å². The maximum atomic E-state index is 13.0. The molecule has 1 aliphatic rings. The maximum Gasteiger partial charge on any atom is 0.251 e. The van der Waals surface area contributed by atoms with Crippen LogP contribution in [0, 0.1) is 0 Å². The zero-order chi connectivity index (χ0) is 21.2. The predicted molar refractivity (Wildman–Crippen MR) is 120 cm³/mol. The molecule has 2 aromatic rings. The molecule has 0 aromatic heterocycles. The van der Waals surface area contributed by atoms with Crippen LogP contribution in [0.3, 0.4) is 0 Å². The van der Waals surface area contributed by atoms with E-state index in [1.165, 1.54) is 12.8 Å². The summed E-state index contributed by atoms with van der Waals surface area (Å²) in [5, 5.41) is 2.93. The highest BCUT2D eigenvalue weighted by atomic mass is 16.5. The van der Waals surface area contributed by atoms with E-state index in [4.69, 9.17) is 4.74 Å². The molecule has 5 heteroatoms. The van der Waals surface area contributed by atoms with Crippen LogP contribution in [0.25, 0.3) is 11.6 Å². The summed E-state index contributed by atoms with van der Waals surface area (Å²) in [5.41, 5.74) is 2.19. The van der Waals surface area contributed by atoms with E-state index in [2.05, 4.69) is 5.32 Å². The number of rotatable bonds is 7. The Balaban J connectivity index is 1.70. The smallest absolute Gasteiger partial charge is 0.251 e. The Labute approximate surface area is 178 Å². The molecule has 3 rings (SSSR count). The van der Waals surface area contributed by atoms with Crippen LogP contribution in [-0.2, 0) is 9.59 Å². The summed E-state index contributed by atoms with van der Waals surface area (Å²) >= 11 is 0. The van der Waals surface area contributed by atoms with Gasteiger partial charge in [-0.15, -0.1) is 0 Å². The number of carbonyl (C=O) groups is 2. The average molecular weight is 407 g/mol. The zero-order valence-electron chi connectivity index (χ0n) is 17.6. The van der Waals surface area contributed by atoms with Crippen LogP contribution in [0.1, 0.15) is 43.2 Å². The van der Waals surface area contributed by atoms with Crippen molar-refractivity contribution in [2.24, 2.45) is 0 Å². The fraction of sp³-hybridized carbons (Fsp3) is 0.360. The molecular formula is C25H30N2O3. The number of para-hydroxylation sites is 1. The van der Waals surface area contributed by atoms with Crippen molar-refractivity contribution in [3.63, 3.8) is 0 Å². The first-order valence-corrected chi connectivity index (χ1v) is 10.6. The lowest BCUT2D eigenvalue weighted by atomic mass is 10.0. The summed E-state index contributed by atoms with van der Waals surface area (Å²) in [6, 6.07) is 17.1. The van der Waals surface area contributed by atoms with Gasteiger partial charge in [0.05, 0.1) is 7.11 Å². The number of likely N-dealkylation sites (tertiary alicyclic amines) is 1.